The number of sulfone groups is 1. The third kappa shape index (κ3) is 2.07. The van der Waals surface area contributed by atoms with Gasteiger partial charge in [0.15, 0.2) is 9.84 Å². The fourth-order valence-corrected chi connectivity index (χ4v) is 3.10. The SMILES string of the molecule is O=S(=O)(CC1CC1)c1cccc(O)c1. The van der Waals surface area contributed by atoms with E-state index in [1.165, 1.54) is 18.2 Å². The molecule has 0 spiro atoms. The maximum absolute atomic E-state index is 11.7. The molecule has 3 nitrogen and oxygen atoms in total. The van der Waals surface area contributed by atoms with E-state index in [9.17, 15) is 8.42 Å². The number of benzene rings is 1. The number of hydrogen-bond acceptors (Lipinski definition) is 3. The first kappa shape index (κ1) is 9.52. The molecule has 1 fully saturated rings. The van der Waals surface area contributed by atoms with Crippen molar-refractivity contribution in [3.8, 4) is 5.75 Å². The van der Waals surface area contributed by atoms with Crippen LogP contribution in [0.2, 0.25) is 0 Å². The van der Waals surface area contributed by atoms with Crippen molar-refractivity contribution in [1.82, 2.24) is 0 Å². The van der Waals surface area contributed by atoms with Crippen LogP contribution in [0.4, 0.5) is 0 Å². The lowest BCUT2D eigenvalue weighted by atomic mass is 10.3. The molecule has 0 radical (unpaired) electrons. The van der Waals surface area contributed by atoms with E-state index in [1.807, 2.05) is 0 Å². The van der Waals surface area contributed by atoms with Gasteiger partial charge in [0.05, 0.1) is 10.6 Å². The standard InChI is InChI=1S/C10H12O3S/c11-9-2-1-3-10(6-9)14(12,13)7-8-4-5-8/h1-3,6,8,11H,4-5,7H2. The number of phenolic OH excluding ortho intramolecular Hbond substituents is 1. The van der Waals surface area contributed by atoms with Gasteiger partial charge >= 0.3 is 0 Å². The highest BCUT2D eigenvalue weighted by Gasteiger charge is 2.28. The molecular formula is C10H12O3S. The summed E-state index contributed by atoms with van der Waals surface area (Å²) in [5.74, 6) is 0.556. The fourth-order valence-electron chi connectivity index (χ4n) is 1.37. The van der Waals surface area contributed by atoms with Gasteiger partial charge in [-0.25, -0.2) is 8.42 Å². The zero-order chi connectivity index (χ0) is 10.2. The summed E-state index contributed by atoms with van der Waals surface area (Å²) in [5.41, 5.74) is 0. The summed E-state index contributed by atoms with van der Waals surface area (Å²) in [6.07, 6.45) is 2.02. The molecule has 14 heavy (non-hydrogen) atoms. The molecule has 1 aliphatic carbocycles. The van der Waals surface area contributed by atoms with Crippen molar-refractivity contribution in [3.63, 3.8) is 0 Å². The van der Waals surface area contributed by atoms with Crippen LogP contribution in [0.25, 0.3) is 0 Å². The van der Waals surface area contributed by atoms with E-state index in [4.69, 9.17) is 5.11 Å². The van der Waals surface area contributed by atoms with Crippen LogP contribution >= 0.6 is 0 Å². The maximum Gasteiger partial charge on any atom is 0.178 e. The second kappa shape index (κ2) is 3.28. The van der Waals surface area contributed by atoms with Crippen LogP contribution in [0.15, 0.2) is 29.2 Å². The molecule has 0 aromatic heterocycles. The average molecular weight is 212 g/mol. The molecule has 0 amide bonds. The second-order valence-corrected chi connectivity index (χ2v) is 5.76. The molecule has 4 heteroatoms. The minimum atomic E-state index is -3.18. The smallest absolute Gasteiger partial charge is 0.178 e. The molecule has 1 saturated carbocycles. The van der Waals surface area contributed by atoms with Crippen LogP contribution in [-0.4, -0.2) is 19.3 Å². The van der Waals surface area contributed by atoms with E-state index in [-0.39, 0.29) is 16.4 Å². The van der Waals surface area contributed by atoms with E-state index in [0.717, 1.165) is 12.8 Å². The number of hydrogen-bond donors (Lipinski definition) is 1. The quantitative estimate of drug-likeness (QED) is 0.827. The van der Waals surface area contributed by atoms with Crippen molar-refractivity contribution in [2.45, 2.75) is 17.7 Å². The number of aromatic hydroxyl groups is 1. The summed E-state index contributed by atoms with van der Waals surface area (Å²) in [5, 5.41) is 9.16. The normalized spacial score (nSPS) is 16.9. The fraction of sp³-hybridized carbons (Fsp3) is 0.400. The average Bonchev–Trinajstić information content (AvgIpc) is 2.87. The Morgan fingerprint density at radius 3 is 2.64 bits per heavy atom. The topological polar surface area (TPSA) is 54.4 Å². The molecule has 1 aliphatic rings. The molecule has 0 aliphatic heterocycles. The first-order chi connectivity index (χ1) is 6.58. The molecule has 1 N–H and O–H groups in total. The highest BCUT2D eigenvalue weighted by atomic mass is 32.2. The van der Waals surface area contributed by atoms with Gasteiger partial charge in [-0.2, -0.15) is 0 Å². The Morgan fingerprint density at radius 2 is 2.07 bits per heavy atom. The number of rotatable bonds is 3. The Hall–Kier alpha value is -1.03. The molecule has 76 valence electrons. The van der Waals surface area contributed by atoms with Gasteiger partial charge in [0.1, 0.15) is 5.75 Å². The van der Waals surface area contributed by atoms with Gasteiger partial charge in [-0.1, -0.05) is 6.07 Å². The molecule has 0 unspecified atom stereocenters. The van der Waals surface area contributed by atoms with Gasteiger partial charge < -0.3 is 5.11 Å². The Labute approximate surface area is 83.3 Å². The van der Waals surface area contributed by atoms with E-state index >= 15 is 0 Å². The zero-order valence-electron chi connectivity index (χ0n) is 7.68. The summed E-state index contributed by atoms with van der Waals surface area (Å²) < 4.78 is 23.4. The largest absolute Gasteiger partial charge is 0.508 e. The minimum absolute atomic E-state index is 0.00173. The predicted octanol–water partition coefficient (Wildman–Crippen LogP) is 1.58. The van der Waals surface area contributed by atoms with E-state index in [1.54, 1.807) is 6.07 Å². The Morgan fingerprint density at radius 1 is 1.36 bits per heavy atom. The van der Waals surface area contributed by atoms with Crippen LogP contribution in [0.3, 0.4) is 0 Å². The summed E-state index contributed by atoms with van der Waals surface area (Å²) in [6.45, 7) is 0. The Bertz CT molecular complexity index is 432. The lowest BCUT2D eigenvalue weighted by Gasteiger charge is -2.03. The monoisotopic (exact) mass is 212 g/mol. The van der Waals surface area contributed by atoms with E-state index in [0.29, 0.717) is 5.92 Å². The summed E-state index contributed by atoms with van der Waals surface area (Å²) in [6, 6.07) is 5.85. The van der Waals surface area contributed by atoms with Crippen molar-refractivity contribution < 1.29 is 13.5 Å². The van der Waals surface area contributed by atoms with Crippen LogP contribution in [-0.2, 0) is 9.84 Å². The van der Waals surface area contributed by atoms with E-state index in [2.05, 4.69) is 0 Å². The summed E-state index contributed by atoms with van der Waals surface area (Å²) in [4.78, 5) is 0.226. The molecule has 0 saturated heterocycles. The van der Waals surface area contributed by atoms with E-state index < -0.39 is 9.84 Å². The van der Waals surface area contributed by atoms with Gasteiger partial charge in [-0.05, 0) is 37.0 Å². The van der Waals surface area contributed by atoms with Gasteiger partial charge in [-0.15, -0.1) is 0 Å². The second-order valence-electron chi connectivity index (χ2n) is 3.72. The first-order valence-electron chi connectivity index (χ1n) is 4.60. The molecule has 0 heterocycles. The predicted molar refractivity (Wildman–Crippen MR) is 52.9 cm³/mol. The molecular weight excluding hydrogens is 200 g/mol. The van der Waals surface area contributed by atoms with Gasteiger partial charge in [0.2, 0.25) is 0 Å². The third-order valence-electron chi connectivity index (χ3n) is 2.33. The summed E-state index contributed by atoms with van der Waals surface area (Å²) in [7, 11) is -3.18. The van der Waals surface area contributed by atoms with Crippen LogP contribution in [0, 0.1) is 5.92 Å². The number of phenols is 1. The van der Waals surface area contributed by atoms with Crippen molar-refractivity contribution in [2.24, 2.45) is 5.92 Å². The Balaban J connectivity index is 2.28. The highest BCUT2D eigenvalue weighted by Crippen LogP contribution is 2.32. The lowest BCUT2D eigenvalue weighted by molar-refractivity contribution is 0.473. The third-order valence-corrected chi connectivity index (χ3v) is 4.21. The lowest BCUT2D eigenvalue weighted by Crippen LogP contribution is -2.07. The van der Waals surface area contributed by atoms with Gasteiger partial charge in [-0.3, -0.25) is 0 Å². The van der Waals surface area contributed by atoms with Gasteiger partial charge in [0.25, 0.3) is 0 Å². The zero-order valence-corrected chi connectivity index (χ0v) is 8.50. The Kier molecular flexibility index (Phi) is 2.23. The maximum atomic E-state index is 11.7. The van der Waals surface area contributed by atoms with Crippen molar-refractivity contribution in [2.75, 3.05) is 5.75 Å². The van der Waals surface area contributed by atoms with Crippen molar-refractivity contribution >= 4 is 9.84 Å². The minimum Gasteiger partial charge on any atom is -0.508 e. The van der Waals surface area contributed by atoms with Crippen LogP contribution in [0.1, 0.15) is 12.8 Å². The van der Waals surface area contributed by atoms with Crippen LogP contribution in [0.5, 0.6) is 5.75 Å². The molecule has 0 atom stereocenters. The molecule has 2 rings (SSSR count). The molecule has 1 aromatic rings. The van der Waals surface area contributed by atoms with Gasteiger partial charge in [0, 0.05) is 0 Å². The molecule has 1 aromatic carbocycles. The van der Waals surface area contributed by atoms with Crippen molar-refractivity contribution in [3.05, 3.63) is 24.3 Å². The highest BCUT2D eigenvalue weighted by molar-refractivity contribution is 7.91. The van der Waals surface area contributed by atoms with Crippen LogP contribution < -0.4 is 0 Å². The van der Waals surface area contributed by atoms with Crippen molar-refractivity contribution in [1.29, 1.82) is 0 Å². The summed E-state index contributed by atoms with van der Waals surface area (Å²) >= 11 is 0. The first-order valence-corrected chi connectivity index (χ1v) is 6.25. The molecule has 0 bridgehead atoms.